The first-order chi connectivity index (χ1) is 13.0. The third kappa shape index (κ3) is 3.82. The normalized spacial score (nSPS) is 21.0. The molecule has 0 aromatic heterocycles. The van der Waals surface area contributed by atoms with Gasteiger partial charge in [0, 0.05) is 16.5 Å². The Hall–Kier alpha value is -2.44. The Bertz CT molecular complexity index is 823. The predicted molar refractivity (Wildman–Crippen MR) is 98.8 cm³/mol. The van der Waals surface area contributed by atoms with Gasteiger partial charge in [-0.2, -0.15) is 0 Å². The largest absolute Gasteiger partial charge is 0.508 e. The number of phenolic OH excluding ortho intramolecular Hbond substituents is 2. The van der Waals surface area contributed by atoms with Gasteiger partial charge in [0.05, 0.1) is 13.2 Å². The van der Waals surface area contributed by atoms with Crippen molar-refractivity contribution >= 4 is 0 Å². The minimum Gasteiger partial charge on any atom is -0.508 e. The number of para-hydroxylation sites is 1. The summed E-state index contributed by atoms with van der Waals surface area (Å²) in [7, 11) is 0. The van der Waals surface area contributed by atoms with E-state index in [9.17, 15) is 10.2 Å². The van der Waals surface area contributed by atoms with Crippen molar-refractivity contribution in [3.05, 3.63) is 47.5 Å². The lowest BCUT2D eigenvalue weighted by Crippen LogP contribution is -2.22. The molecule has 144 valence electrons. The van der Waals surface area contributed by atoms with Crippen LogP contribution in [0.15, 0.2) is 36.4 Å². The van der Waals surface area contributed by atoms with E-state index in [1.807, 2.05) is 26.0 Å². The molecule has 0 amide bonds. The monoisotopic (exact) mass is 372 g/mol. The van der Waals surface area contributed by atoms with E-state index < -0.39 is 5.41 Å². The van der Waals surface area contributed by atoms with Crippen molar-refractivity contribution < 1.29 is 29.2 Å². The number of benzene rings is 2. The summed E-state index contributed by atoms with van der Waals surface area (Å²) in [5.41, 5.74) is 0.541. The summed E-state index contributed by atoms with van der Waals surface area (Å²) >= 11 is 0. The van der Waals surface area contributed by atoms with Crippen LogP contribution in [0.25, 0.3) is 0 Å². The quantitative estimate of drug-likeness (QED) is 0.693. The van der Waals surface area contributed by atoms with Gasteiger partial charge in [0.2, 0.25) is 0 Å². The molecule has 0 aliphatic carbocycles. The zero-order valence-corrected chi connectivity index (χ0v) is 15.5. The molecule has 0 saturated carbocycles. The first kappa shape index (κ1) is 17.9. The fourth-order valence-corrected chi connectivity index (χ4v) is 3.24. The van der Waals surface area contributed by atoms with E-state index in [0.29, 0.717) is 49.1 Å². The molecule has 2 saturated heterocycles. The van der Waals surface area contributed by atoms with Gasteiger partial charge in [0.25, 0.3) is 0 Å². The summed E-state index contributed by atoms with van der Waals surface area (Å²) < 4.78 is 22.4. The first-order valence-corrected chi connectivity index (χ1v) is 9.10. The van der Waals surface area contributed by atoms with E-state index in [0.717, 1.165) is 0 Å². The molecular formula is C21H24O6. The zero-order valence-electron chi connectivity index (χ0n) is 15.5. The van der Waals surface area contributed by atoms with Crippen LogP contribution in [0.5, 0.6) is 23.0 Å². The van der Waals surface area contributed by atoms with Crippen molar-refractivity contribution in [3.8, 4) is 23.0 Å². The lowest BCUT2D eigenvalue weighted by molar-refractivity contribution is 0.223. The molecule has 0 bridgehead atoms. The van der Waals surface area contributed by atoms with Crippen LogP contribution in [-0.4, -0.2) is 48.8 Å². The second-order valence-corrected chi connectivity index (χ2v) is 7.46. The second-order valence-electron chi connectivity index (χ2n) is 7.46. The predicted octanol–water partition coefficient (Wildman–Crippen LogP) is 2.98. The summed E-state index contributed by atoms with van der Waals surface area (Å²) in [6.07, 6.45) is 0.168. The number of rotatable bonds is 8. The molecule has 2 atom stereocenters. The van der Waals surface area contributed by atoms with Gasteiger partial charge in [-0.15, -0.1) is 0 Å². The molecule has 2 aromatic carbocycles. The van der Waals surface area contributed by atoms with Crippen molar-refractivity contribution in [1.29, 1.82) is 0 Å². The highest BCUT2D eigenvalue weighted by atomic mass is 16.6. The lowest BCUT2D eigenvalue weighted by Gasteiger charge is -2.30. The molecule has 2 unspecified atom stereocenters. The molecular weight excluding hydrogens is 348 g/mol. The van der Waals surface area contributed by atoms with Crippen LogP contribution in [0.1, 0.15) is 25.0 Å². The molecule has 4 rings (SSSR count). The Balaban J connectivity index is 1.76. The molecule has 0 spiro atoms. The lowest BCUT2D eigenvalue weighted by atomic mass is 9.76. The van der Waals surface area contributed by atoms with Crippen LogP contribution >= 0.6 is 0 Å². The van der Waals surface area contributed by atoms with Gasteiger partial charge in [0.1, 0.15) is 36.9 Å². The SMILES string of the molecule is CC(C)(c1ccccc1O)c1c(O)ccc(OCC2CO2)c1OCC1CO1. The smallest absolute Gasteiger partial charge is 0.169 e. The maximum atomic E-state index is 10.7. The Labute approximate surface area is 158 Å². The van der Waals surface area contributed by atoms with Crippen molar-refractivity contribution in [2.45, 2.75) is 31.5 Å². The topological polar surface area (TPSA) is 84.0 Å². The molecule has 0 radical (unpaired) electrons. The highest BCUT2D eigenvalue weighted by molar-refractivity contribution is 5.61. The average molecular weight is 372 g/mol. The summed E-state index contributed by atoms with van der Waals surface area (Å²) in [5.74, 6) is 1.27. The van der Waals surface area contributed by atoms with Crippen LogP contribution < -0.4 is 9.47 Å². The van der Waals surface area contributed by atoms with Crippen molar-refractivity contribution in [2.75, 3.05) is 26.4 Å². The van der Waals surface area contributed by atoms with Gasteiger partial charge in [0.15, 0.2) is 11.5 Å². The third-order valence-electron chi connectivity index (χ3n) is 4.94. The number of aromatic hydroxyl groups is 2. The van der Waals surface area contributed by atoms with E-state index in [4.69, 9.17) is 18.9 Å². The fourth-order valence-electron chi connectivity index (χ4n) is 3.24. The van der Waals surface area contributed by atoms with Crippen molar-refractivity contribution in [1.82, 2.24) is 0 Å². The molecule has 2 fully saturated rings. The standard InChI is InChI=1S/C21H24O6/c1-21(2,15-5-3-4-6-16(15)22)19-17(23)7-8-18(26-11-13-9-24-13)20(19)27-12-14-10-25-14/h3-8,13-14,22-23H,9-12H2,1-2H3. The van der Waals surface area contributed by atoms with Crippen LogP contribution in [0.2, 0.25) is 0 Å². The summed E-state index contributed by atoms with van der Waals surface area (Å²) in [4.78, 5) is 0. The number of ether oxygens (including phenoxy) is 4. The molecule has 6 nitrogen and oxygen atoms in total. The van der Waals surface area contributed by atoms with Crippen LogP contribution in [-0.2, 0) is 14.9 Å². The number of hydrogen-bond acceptors (Lipinski definition) is 6. The van der Waals surface area contributed by atoms with Crippen molar-refractivity contribution in [3.63, 3.8) is 0 Å². The van der Waals surface area contributed by atoms with Crippen LogP contribution in [0.3, 0.4) is 0 Å². The molecule has 2 aromatic rings. The van der Waals surface area contributed by atoms with Gasteiger partial charge in [-0.3, -0.25) is 0 Å². The molecule has 2 aliphatic rings. The van der Waals surface area contributed by atoms with E-state index in [1.165, 1.54) is 0 Å². The fraction of sp³-hybridized carbons (Fsp3) is 0.429. The maximum absolute atomic E-state index is 10.7. The highest BCUT2D eigenvalue weighted by Gasteiger charge is 2.35. The minimum absolute atomic E-state index is 0.0630. The van der Waals surface area contributed by atoms with Crippen molar-refractivity contribution in [2.24, 2.45) is 0 Å². The number of epoxide rings is 2. The number of phenols is 2. The Morgan fingerprint density at radius 1 is 0.926 bits per heavy atom. The second kappa shape index (κ2) is 6.94. The van der Waals surface area contributed by atoms with Gasteiger partial charge in [-0.25, -0.2) is 0 Å². The Kier molecular flexibility index (Phi) is 4.61. The zero-order chi connectivity index (χ0) is 19.0. The maximum Gasteiger partial charge on any atom is 0.169 e. The molecule has 6 heteroatoms. The molecule has 27 heavy (non-hydrogen) atoms. The van der Waals surface area contributed by atoms with E-state index in [1.54, 1.807) is 24.3 Å². The Morgan fingerprint density at radius 2 is 1.56 bits per heavy atom. The first-order valence-electron chi connectivity index (χ1n) is 9.10. The highest BCUT2D eigenvalue weighted by Crippen LogP contribution is 2.49. The van der Waals surface area contributed by atoms with Gasteiger partial charge in [-0.1, -0.05) is 32.0 Å². The van der Waals surface area contributed by atoms with E-state index in [-0.39, 0.29) is 23.7 Å². The minimum atomic E-state index is -0.718. The summed E-state index contributed by atoms with van der Waals surface area (Å²) in [6.45, 7) is 6.04. The van der Waals surface area contributed by atoms with Gasteiger partial charge < -0.3 is 29.2 Å². The van der Waals surface area contributed by atoms with Crippen LogP contribution in [0, 0.1) is 0 Å². The Morgan fingerprint density at radius 3 is 2.19 bits per heavy atom. The molecule has 2 aliphatic heterocycles. The molecule has 2 heterocycles. The van der Waals surface area contributed by atoms with E-state index in [2.05, 4.69) is 0 Å². The third-order valence-corrected chi connectivity index (χ3v) is 4.94. The molecule has 2 N–H and O–H groups in total. The summed E-state index contributed by atoms with van der Waals surface area (Å²) in [5, 5.41) is 21.1. The van der Waals surface area contributed by atoms with Crippen LogP contribution in [0.4, 0.5) is 0 Å². The van der Waals surface area contributed by atoms with E-state index >= 15 is 0 Å². The average Bonchev–Trinajstić information content (AvgIpc) is 3.54. The summed E-state index contributed by atoms with van der Waals surface area (Å²) in [6, 6.07) is 10.4. The van der Waals surface area contributed by atoms with Gasteiger partial charge in [-0.05, 0) is 18.2 Å². The number of hydrogen-bond donors (Lipinski definition) is 2. The van der Waals surface area contributed by atoms with Gasteiger partial charge >= 0.3 is 0 Å².